The minimum absolute atomic E-state index is 0.266. The van der Waals surface area contributed by atoms with Crippen LogP contribution < -0.4 is 5.32 Å². The smallest absolute Gasteiger partial charge is 0.219 e. The molecule has 0 unspecified atom stereocenters. The number of rotatable bonds is 20. The fraction of sp³-hybridized carbons (Fsp3) is 0.957. The molecule has 0 heterocycles. The van der Waals surface area contributed by atoms with Crippen molar-refractivity contribution in [1.29, 1.82) is 0 Å². The Bertz CT molecular complexity index is 265. The molecule has 0 aromatic carbocycles. The van der Waals surface area contributed by atoms with Crippen molar-refractivity contribution in [2.75, 3.05) is 6.54 Å². The van der Waals surface area contributed by atoms with Crippen molar-refractivity contribution in [3.63, 3.8) is 0 Å². The van der Waals surface area contributed by atoms with E-state index in [0.29, 0.717) is 0 Å². The molecule has 25 heavy (non-hydrogen) atoms. The Labute approximate surface area is 158 Å². The molecule has 2 heteroatoms. The summed E-state index contributed by atoms with van der Waals surface area (Å²) < 4.78 is 0. The summed E-state index contributed by atoms with van der Waals surface area (Å²) in [7, 11) is 0. The topological polar surface area (TPSA) is 29.1 Å². The van der Waals surface area contributed by atoms with E-state index in [9.17, 15) is 4.79 Å². The van der Waals surface area contributed by atoms with Crippen molar-refractivity contribution in [1.82, 2.24) is 5.32 Å². The van der Waals surface area contributed by atoms with Gasteiger partial charge in [0.2, 0.25) is 5.91 Å². The number of unbranched alkanes of at least 4 members (excludes halogenated alkanes) is 16. The van der Waals surface area contributed by atoms with Crippen molar-refractivity contribution in [2.24, 2.45) is 0 Å². The van der Waals surface area contributed by atoms with Gasteiger partial charge >= 0.3 is 0 Å². The lowest BCUT2D eigenvalue weighted by Crippen LogP contribution is -2.23. The molecule has 2 nitrogen and oxygen atoms in total. The molecular formula is C23H47NO. The van der Waals surface area contributed by atoms with Gasteiger partial charge < -0.3 is 5.32 Å². The predicted molar refractivity (Wildman–Crippen MR) is 112 cm³/mol. The van der Waals surface area contributed by atoms with E-state index in [1.54, 1.807) is 0 Å². The maximum absolute atomic E-state index is 11.8. The monoisotopic (exact) mass is 353 g/mol. The number of hydrogen-bond acceptors (Lipinski definition) is 1. The SMILES string of the molecule is CCCCCCCCCCCNC(=O)CCCCCCCCCCC. The molecule has 0 bridgehead atoms. The molecule has 0 aromatic rings. The van der Waals surface area contributed by atoms with E-state index < -0.39 is 0 Å². The quantitative estimate of drug-likeness (QED) is 0.225. The highest BCUT2D eigenvalue weighted by Crippen LogP contribution is 2.11. The molecule has 0 aliphatic rings. The maximum atomic E-state index is 11.8. The zero-order chi connectivity index (χ0) is 18.4. The summed E-state index contributed by atoms with van der Waals surface area (Å²) in [6.45, 7) is 5.41. The van der Waals surface area contributed by atoms with Crippen LogP contribution in [0, 0.1) is 0 Å². The van der Waals surface area contributed by atoms with Gasteiger partial charge in [-0.05, 0) is 12.8 Å². The normalized spacial score (nSPS) is 11.0. The molecule has 0 aromatic heterocycles. The minimum atomic E-state index is 0.266. The van der Waals surface area contributed by atoms with Crippen molar-refractivity contribution in [3.05, 3.63) is 0 Å². The van der Waals surface area contributed by atoms with Crippen LogP contribution in [-0.4, -0.2) is 12.5 Å². The van der Waals surface area contributed by atoms with Crippen molar-refractivity contribution >= 4 is 5.91 Å². The van der Waals surface area contributed by atoms with Gasteiger partial charge in [-0.3, -0.25) is 4.79 Å². The highest BCUT2D eigenvalue weighted by Gasteiger charge is 2.00. The maximum Gasteiger partial charge on any atom is 0.219 e. The fourth-order valence-corrected chi connectivity index (χ4v) is 3.35. The lowest BCUT2D eigenvalue weighted by Gasteiger charge is -2.06. The summed E-state index contributed by atoms with van der Waals surface area (Å²) in [5, 5.41) is 3.09. The van der Waals surface area contributed by atoms with E-state index in [4.69, 9.17) is 0 Å². The van der Waals surface area contributed by atoms with Gasteiger partial charge in [-0.2, -0.15) is 0 Å². The average Bonchev–Trinajstić information content (AvgIpc) is 2.62. The molecule has 0 aliphatic carbocycles. The van der Waals surface area contributed by atoms with E-state index >= 15 is 0 Å². The summed E-state index contributed by atoms with van der Waals surface area (Å²) in [5.74, 6) is 0.266. The van der Waals surface area contributed by atoms with Crippen LogP contribution in [0.25, 0.3) is 0 Å². The molecule has 0 atom stereocenters. The van der Waals surface area contributed by atoms with E-state index in [0.717, 1.165) is 25.8 Å². The van der Waals surface area contributed by atoms with Crippen LogP contribution in [0.3, 0.4) is 0 Å². The first-order chi connectivity index (χ1) is 12.3. The first-order valence-corrected chi connectivity index (χ1v) is 11.6. The summed E-state index contributed by atoms with van der Waals surface area (Å²) in [4.78, 5) is 11.8. The van der Waals surface area contributed by atoms with Gasteiger partial charge in [0.15, 0.2) is 0 Å². The van der Waals surface area contributed by atoms with Crippen LogP contribution >= 0.6 is 0 Å². The third-order valence-electron chi connectivity index (χ3n) is 5.11. The minimum Gasteiger partial charge on any atom is -0.356 e. The third kappa shape index (κ3) is 21.4. The molecular weight excluding hydrogens is 306 g/mol. The number of nitrogens with one attached hydrogen (secondary N) is 1. The Morgan fingerprint density at radius 3 is 1.32 bits per heavy atom. The van der Waals surface area contributed by atoms with Crippen LogP contribution in [0.1, 0.15) is 136 Å². The van der Waals surface area contributed by atoms with Gasteiger partial charge in [0.25, 0.3) is 0 Å². The Hall–Kier alpha value is -0.530. The lowest BCUT2D eigenvalue weighted by molar-refractivity contribution is -0.121. The molecule has 0 saturated carbocycles. The van der Waals surface area contributed by atoms with E-state index in [2.05, 4.69) is 19.2 Å². The molecule has 1 N–H and O–H groups in total. The second-order valence-corrected chi connectivity index (χ2v) is 7.76. The third-order valence-corrected chi connectivity index (χ3v) is 5.11. The van der Waals surface area contributed by atoms with Gasteiger partial charge in [0.1, 0.15) is 0 Å². The highest BCUT2D eigenvalue weighted by atomic mass is 16.1. The largest absolute Gasteiger partial charge is 0.356 e. The van der Waals surface area contributed by atoms with Crippen LogP contribution in [0.2, 0.25) is 0 Å². The van der Waals surface area contributed by atoms with Crippen molar-refractivity contribution < 1.29 is 4.79 Å². The van der Waals surface area contributed by atoms with Crippen molar-refractivity contribution in [3.8, 4) is 0 Å². The summed E-state index contributed by atoms with van der Waals surface area (Å²) in [5.41, 5.74) is 0. The van der Waals surface area contributed by atoms with Gasteiger partial charge in [-0.25, -0.2) is 0 Å². The summed E-state index contributed by atoms with van der Waals surface area (Å²) in [6, 6.07) is 0. The number of carbonyl (C=O) groups excluding carboxylic acids is 1. The van der Waals surface area contributed by atoms with Crippen LogP contribution in [-0.2, 0) is 4.79 Å². The van der Waals surface area contributed by atoms with Gasteiger partial charge in [-0.15, -0.1) is 0 Å². The van der Waals surface area contributed by atoms with Gasteiger partial charge in [0.05, 0.1) is 0 Å². The van der Waals surface area contributed by atoms with E-state index in [1.807, 2.05) is 0 Å². The zero-order valence-corrected chi connectivity index (χ0v) is 17.6. The predicted octanol–water partition coefficient (Wildman–Crippen LogP) is 7.55. The lowest BCUT2D eigenvalue weighted by atomic mass is 10.1. The van der Waals surface area contributed by atoms with Crippen LogP contribution in [0.15, 0.2) is 0 Å². The number of carbonyl (C=O) groups is 1. The van der Waals surface area contributed by atoms with Crippen LogP contribution in [0.5, 0.6) is 0 Å². The highest BCUT2D eigenvalue weighted by molar-refractivity contribution is 5.75. The van der Waals surface area contributed by atoms with Gasteiger partial charge in [0, 0.05) is 13.0 Å². The Morgan fingerprint density at radius 1 is 0.520 bits per heavy atom. The van der Waals surface area contributed by atoms with E-state index in [-0.39, 0.29) is 5.91 Å². The Kier molecular flexibility index (Phi) is 21.1. The first-order valence-electron chi connectivity index (χ1n) is 11.6. The molecule has 0 saturated heterocycles. The van der Waals surface area contributed by atoms with Crippen molar-refractivity contribution in [2.45, 2.75) is 136 Å². The summed E-state index contributed by atoms with van der Waals surface area (Å²) >= 11 is 0. The second-order valence-electron chi connectivity index (χ2n) is 7.76. The molecule has 1 amide bonds. The Morgan fingerprint density at radius 2 is 0.880 bits per heavy atom. The van der Waals surface area contributed by atoms with E-state index in [1.165, 1.54) is 103 Å². The molecule has 0 fully saturated rings. The molecule has 0 spiro atoms. The number of amides is 1. The standard InChI is InChI=1S/C23H47NO/c1-3-5-7-9-11-13-15-17-19-21-23(25)24-22-20-18-16-14-12-10-8-6-4-2/h3-22H2,1-2H3,(H,24,25). The zero-order valence-electron chi connectivity index (χ0n) is 17.6. The molecule has 0 rings (SSSR count). The molecule has 150 valence electrons. The first kappa shape index (κ1) is 24.5. The molecule has 0 radical (unpaired) electrons. The summed E-state index contributed by atoms with van der Waals surface area (Å²) in [6.07, 6.45) is 24.6. The Balaban J connectivity index is 3.13. The van der Waals surface area contributed by atoms with Crippen LogP contribution in [0.4, 0.5) is 0 Å². The average molecular weight is 354 g/mol. The van der Waals surface area contributed by atoms with Gasteiger partial charge in [-0.1, -0.05) is 117 Å². The fourth-order valence-electron chi connectivity index (χ4n) is 3.35. The number of hydrogen-bond donors (Lipinski definition) is 1. The second kappa shape index (κ2) is 21.5. The molecule has 0 aliphatic heterocycles.